The van der Waals surface area contributed by atoms with Gasteiger partial charge in [0.15, 0.2) is 0 Å². The van der Waals surface area contributed by atoms with Crippen LogP contribution in [0.25, 0.3) is 11.1 Å². The van der Waals surface area contributed by atoms with Crippen molar-refractivity contribution in [1.29, 1.82) is 0 Å². The molecular weight excluding hydrogens is 422 g/mol. The van der Waals surface area contributed by atoms with Crippen molar-refractivity contribution in [3.05, 3.63) is 76.9 Å². The number of hydrogen-bond donors (Lipinski definition) is 0. The molecule has 2 nitrogen and oxygen atoms in total. The van der Waals surface area contributed by atoms with Crippen LogP contribution in [0.4, 0.5) is 0 Å². The predicted octanol–water partition coefficient (Wildman–Crippen LogP) is 6.31. The molecule has 5 rings (SSSR count). The number of benzene rings is 3. The van der Waals surface area contributed by atoms with Crippen LogP contribution in [0.1, 0.15) is 63.8 Å². The summed E-state index contributed by atoms with van der Waals surface area (Å²) < 4.78 is 13.1. The third-order valence-corrected chi connectivity index (χ3v) is 8.66. The van der Waals surface area contributed by atoms with Crippen LogP contribution in [0, 0.1) is 0 Å². The molecule has 3 aromatic carbocycles. The summed E-state index contributed by atoms with van der Waals surface area (Å²) in [5, 5.41) is -0.0198. The Morgan fingerprint density at radius 2 is 1.64 bits per heavy atom. The van der Waals surface area contributed by atoms with Gasteiger partial charge in [-0.05, 0) is 54.9 Å². The maximum absolute atomic E-state index is 6.71. The van der Waals surface area contributed by atoms with E-state index in [1.807, 2.05) is 0 Å². The first-order chi connectivity index (χ1) is 15.5. The first-order valence-corrected chi connectivity index (χ1v) is 12.6. The highest BCUT2D eigenvalue weighted by atomic mass is 31.0. The van der Waals surface area contributed by atoms with E-state index in [9.17, 15) is 0 Å². The van der Waals surface area contributed by atoms with Crippen LogP contribution in [0.2, 0.25) is 0 Å². The van der Waals surface area contributed by atoms with Crippen molar-refractivity contribution >= 4 is 22.2 Å². The van der Waals surface area contributed by atoms with E-state index in [4.69, 9.17) is 9.39 Å². The van der Waals surface area contributed by atoms with E-state index in [2.05, 4.69) is 105 Å². The largest absolute Gasteiger partial charge is 0.456 e. The number of fused-ring (bicyclic) bond motifs is 6. The first kappa shape index (κ1) is 22.7. The fraction of sp³-hybridized carbons (Fsp3) is 0.379. The van der Waals surface area contributed by atoms with Gasteiger partial charge >= 0.3 is 7.48 Å². The minimum atomic E-state index is -0.257. The highest BCUT2D eigenvalue weighted by Crippen LogP contribution is 2.52. The second kappa shape index (κ2) is 7.72. The summed E-state index contributed by atoms with van der Waals surface area (Å²) in [6.07, 6.45) is 2.07. The minimum absolute atomic E-state index is 0.0198. The molecule has 1 heterocycles. The monoisotopic (exact) mass is 456 g/mol. The Bertz CT molecular complexity index is 1240. The molecule has 1 aliphatic carbocycles. The Hall–Kier alpha value is -2.09. The topological polar surface area (TPSA) is 18.5 Å². The van der Waals surface area contributed by atoms with Crippen LogP contribution in [-0.2, 0) is 22.9 Å². The molecule has 33 heavy (non-hydrogen) atoms. The number of aryl methyl sites for hydroxylation is 1. The Morgan fingerprint density at radius 1 is 0.909 bits per heavy atom. The normalized spacial score (nSPS) is 16.1. The fourth-order valence-corrected chi connectivity index (χ4v) is 5.04. The quantitative estimate of drug-likeness (QED) is 0.339. The summed E-state index contributed by atoms with van der Waals surface area (Å²) in [6, 6.07) is 19.9. The average Bonchev–Trinajstić information content (AvgIpc) is 2.76. The summed E-state index contributed by atoms with van der Waals surface area (Å²) >= 11 is 0. The number of hydrogen-bond acceptors (Lipinski definition) is 2. The van der Waals surface area contributed by atoms with Gasteiger partial charge in [0, 0.05) is 27.3 Å². The molecule has 3 aromatic rings. The van der Waals surface area contributed by atoms with Crippen molar-refractivity contribution in [1.82, 2.24) is 0 Å². The van der Waals surface area contributed by atoms with Crippen LogP contribution in [0.3, 0.4) is 0 Å². The van der Waals surface area contributed by atoms with Crippen molar-refractivity contribution < 1.29 is 9.39 Å². The zero-order valence-electron chi connectivity index (χ0n) is 20.7. The molecule has 0 saturated heterocycles. The van der Waals surface area contributed by atoms with Gasteiger partial charge in [-0.3, -0.25) is 0 Å². The minimum Gasteiger partial charge on any atom is -0.456 e. The summed E-state index contributed by atoms with van der Waals surface area (Å²) in [6.45, 7) is 13.3. The molecule has 4 heteroatoms. The molecule has 1 aliphatic heterocycles. The van der Waals surface area contributed by atoms with Gasteiger partial charge in [0.05, 0.1) is 5.60 Å². The molecular formula is C29H34BO2P. The molecule has 0 aromatic heterocycles. The van der Waals surface area contributed by atoms with Crippen LogP contribution in [0.5, 0.6) is 11.5 Å². The van der Waals surface area contributed by atoms with E-state index in [1.165, 1.54) is 33.4 Å². The molecule has 0 bridgehead atoms. The Labute approximate surface area is 201 Å². The van der Waals surface area contributed by atoms with Gasteiger partial charge in [0.25, 0.3) is 0 Å². The smallest absolute Gasteiger partial charge is 0.309 e. The molecule has 0 radical (unpaired) electrons. The Morgan fingerprint density at radius 3 is 2.39 bits per heavy atom. The highest BCUT2D eigenvalue weighted by molar-refractivity contribution is 7.19. The Kier molecular flexibility index (Phi) is 5.31. The van der Waals surface area contributed by atoms with Gasteiger partial charge in [-0.15, -0.1) is 9.24 Å². The summed E-state index contributed by atoms with van der Waals surface area (Å²) in [7, 11) is 3.47. The van der Waals surface area contributed by atoms with Crippen molar-refractivity contribution in [2.75, 3.05) is 0 Å². The van der Waals surface area contributed by atoms with Crippen molar-refractivity contribution in [2.24, 2.45) is 0 Å². The molecule has 2 aliphatic rings. The lowest BCUT2D eigenvalue weighted by Gasteiger charge is -2.39. The molecule has 1 atom stereocenters. The Balaban J connectivity index is 1.52. The SMILES string of the molecule is CC1(C)c2ccc(BOC(C)(C)C(C)(C)P)cc2Oc2c1ccc1c2CCc2ccccc2-1. The lowest BCUT2D eigenvalue weighted by Crippen LogP contribution is -2.45. The summed E-state index contributed by atoms with van der Waals surface area (Å²) in [5.74, 6) is 2.02. The van der Waals surface area contributed by atoms with Crippen molar-refractivity contribution in [2.45, 2.75) is 70.6 Å². The standard InChI is InChI=1S/C29H34BO2P/c1-27(2)23-15-12-19(30-32-28(3,4)29(5,6)33)17-25(23)31-26-22-13-11-18-9-7-8-10-20(18)21(22)14-16-24(26)27/h7-10,12,14-17,30H,11,13,33H2,1-6H3. The van der Waals surface area contributed by atoms with Gasteiger partial charge in [-0.25, -0.2) is 0 Å². The average molecular weight is 456 g/mol. The predicted molar refractivity (Wildman–Crippen MR) is 144 cm³/mol. The zero-order valence-corrected chi connectivity index (χ0v) is 21.9. The maximum atomic E-state index is 6.71. The molecule has 1 unspecified atom stereocenters. The molecule has 0 spiro atoms. The molecule has 170 valence electrons. The van der Waals surface area contributed by atoms with E-state index >= 15 is 0 Å². The second-order valence-corrected chi connectivity index (χ2v) is 12.6. The lowest BCUT2D eigenvalue weighted by atomic mass is 9.72. The second-order valence-electron chi connectivity index (χ2n) is 11.2. The van der Waals surface area contributed by atoms with E-state index in [0.29, 0.717) is 7.48 Å². The molecule has 0 N–H and O–H groups in total. The van der Waals surface area contributed by atoms with E-state index in [1.54, 1.807) is 0 Å². The fourth-order valence-electron chi connectivity index (χ4n) is 4.96. The maximum Gasteiger partial charge on any atom is 0.309 e. The first-order valence-electron chi connectivity index (χ1n) is 12.0. The van der Waals surface area contributed by atoms with Gasteiger partial charge in [-0.2, -0.15) is 0 Å². The number of rotatable bonds is 4. The van der Waals surface area contributed by atoms with E-state index in [-0.39, 0.29) is 16.2 Å². The van der Waals surface area contributed by atoms with Crippen molar-refractivity contribution in [3.63, 3.8) is 0 Å². The molecule has 0 fully saturated rings. The van der Waals surface area contributed by atoms with Gasteiger partial charge in [0.1, 0.15) is 11.5 Å². The van der Waals surface area contributed by atoms with E-state index < -0.39 is 0 Å². The van der Waals surface area contributed by atoms with Gasteiger partial charge in [0.2, 0.25) is 0 Å². The summed E-state index contributed by atoms with van der Waals surface area (Å²) in [5.41, 5.74) is 8.73. The lowest BCUT2D eigenvalue weighted by molar-refractivity contribution is 0.0841. The third-order valence-electron chi connectivity index (χ3n) is 7.97. The van der Waals surface area contributed by atoms with E-state index in [0.717, 1.165) is 29.8 Å². The van der Waals surface area contributed by atoms with Gasteiger partial charge < -0.3 is 9.39 Å². The van der Waals surface area contributed by atoms with Gasteiger partial charge in [-0.1, -0.05) is 76.2 Å². The third kappa shape index (κ3) is 3.74. The zero-order chi connectivity index (χ0) is 23.6. The van der Waals surface area contributed by atoms with Crippen LogP contribution >= 0.6 is 9.24 Å². The molecule has 0 amide bonds. The summed E-state index contributed by atoms with van der Waals surface area (Å²) in [4.78, 5) is 0. The molecule has 0 saturated carbocycles. The van der Waals surface area contributed by atoms with Crippen LogP contribution < -0.4 is 10.2 Å². The number of ether oxygens (including phenoxy) is 1. The highest BCUT2D eigenvalue weighted by Gasteiger charge is 2.38. The van der Waals surface area contributed by atoms with Crippen molar-refractivity contribution in [3.8, 4) is 22.6 Å². The van der Waals surface area contributed by atoms with Crippen LogP contribution in [0.15, 0.2) is 54.6 Å². The van der Waals surface area contributed by atoms with Crippen LogP contribution in [-0.4, -0.2) is 18.2 Å².